The second kappa shape index (κ2) is 59.5. The summed E-state index contributed by atoms with van der Waals surface area (Å²) >= 11 is 1.67. The van der Waals surface area contributed by atoms with E-state index in [9.17, 15) is 82.6 Å². The molecule has 4 saturated heterocycles. The van der Waals surface area contributed by atoms with Crippen LogP contribution in [0.1, 0.15) is 258 Å². The van der Waals surface area contributed by atoms with Crippen molar-refractivity contribution < 1.29 is 130 Å². The molecule has 6 aliphatic heterocycles. The van der Waals surface area contributed by atoms with E-state index in [1.165, 1.54) is 24.0 Å². The Morgan fingerprint density at radius 2 is 0.856 bits per heavy atom. The van der Waals surface area contributed by atoms with Gasteiger partial charge in [-0.3, -0.25) is 38.4 Å². The fraction of sp³-hybridized carbons (Fsp3) is 0.757. The number of carbonyl (C=O) groups excluding carboxylic acids is 10. The SMILES string of the molecule is CC[P+](C)=O.CO[C@H]1C[C@@H]2CC[C@@H](C)[C@@](O)(O2)C(=O)C(=O)N2CCCCC2C(=O)O[C@H]([C@H](C)C[C@@H]2CCC(O)[C@H](OC)C2)CC(=O)[C@H](C)/C=C(\C)[C@@H](O)[C@@H](OC)C(=O)[C@H](C)C[C@H](C)/C=C/C=C/C=C/1C.CO[C@H]1C[C@@H]2CC[C@@H](C)[C@@](O)(O2)C(=O)C(=O)N2CCCCC2C(=O)O[C@H]([C@H](C)C[C@@H]2CCC(SC[P+](C)=O)[C@H](OC)C2)CC(=O)[C@H](C)/C=C(\C)[C@@H](O)[C@@H](OC)C(=O)[C@H](C)C[C@H](C)/C=C/C=C/C=C/1C. The van der Waals surface area contributed by atoms with Crippen molar-refractivity contribution in [3.05, 3.63) is 95.2 Å². The van der Waals surface area contributed by atoms with E-state index < -0.39 is 177 Å². The predicted octanol–water partition coefficient (Wildman–Crippen LogP) is 16.0. The number of cyclic esters (lactones) is 2. The quantitative estimate of drug-likeness (QED) is 0.0415. The monoisotopic (exact) mass is 2010 g/mol. The number of hydrogen-bond donors (Lipinski definition) is 5. The summed E-state index contributed by atoms with van der Waals surface area (Å²) in [6.45, 7) is 30.9. The smallest absolute Gasteiger partial charge is 0.346 e. The van der Waals surface area contributed by atoms with E-state index in [-0.39, 0.29) is 115 Å². The maximum Gasteiger partial charge on any atom is 0.346 e. The molecule has 0 spiro atoms. The van der Waals surface area contributed by atoms with Crippen LogP contribution in [0.3, 0.4) is 0 Å². The zero-order valence-corrected chi connectivity index (χ0v) is 89.9. The van der Waals surface area contributed by atoms with Crippen LogP contribution in [0.2, 0.25) is 0 Å². The number of methoxy groups -OCH3 is 6. The van der Waals surface area contributed by atoms with Crippen LogP contribution in [0, 0.1) is 71.0 Å². The number of Topliss-reactive ketones (excluding diaryl/α,β-unsaturated/α-hetero) is 6. The molecule has 0 aromatic rings. The highest BCUT2D eigenvalue weighted by atomic mass is 32.2. The van der Waals surface area contributed by atoms with Gasteiger partial charge in [-0.1, -0.05) is 151 Å². The Kier molecular flexibility index (Phi) is 52.0. The second-order valence-electron chi connectivity index (χ2n) is 41.0. The van der Waals surface area contributed by atoms with Crippen LogP contribution in [0.5, 0.6) is 0 Å². The Balaban J connectivity index is 0.000000407. The fourth-order valence-corrected chi connectivity index (χ4v) is 23.0. The molecule has 32 heteroatoms. The lowest BCUT2D eigenvalue weighted by molar-refractivity contribution is -0.265. The van der Waals surface area contributed by atoms with Crippen LogP contribution in [0.15, 0.2) is 95.2 Å². The Bertz CT molecular complexity index is 4310. The lowest BCUT2D eigenvalue weighted by Gasteiger charge is -2.42. The second-order valence-corrected chi connectivity index (χ2v) is 46.1. The molecule has 784 valence electrons. The van der Waals surface area contributed by atoms with Crippen LogP contribution in [-0.2, 0) is 104 Å². The van der Waals surface area contributed by atoms with E-state index in [0.29, 0.717) is 119 Å². The Labute approximate surface area is 834 Å². The molecule has 0 radical (unpaired) electrons. The van der Waals surface area contributed by atoms with Crippen molar-refractivity contribution in [2.24, 2.45) is 71.0 Å². The number of ether oxygens (including phenoxy) is 10. The number of hydrogen-bond acceptors (Lipinski definition) is 28. The van der Waals surface area contributed by atoms with E-state index in [2.05, 4.69) is 0 Å². The summed E-state index contributed by atoms with van der Waals surface area (Å²) in [6, 6.07) is -2.28. The van der Waals surface area contributed by atoms with E-state index in [0.717, 1.165) is 43.0 Å². The molecule has 8 aliphatic rings. The summed E-state index contributed by atoms with van der Waals surface area (Å²) in [5, 5.41) is 57.5. The first kappa shape index (κ1) is 122. The topological polar surface area (TPSA) is 405 Å². The van der Waals surface area contributed by atoms with Crippen molar-refractivity contribution in [2.75, 3.05) is 80.7 Å². The minimum absolute atomic E-state index is 0.0179. The number of fused-ring (bicyclic) bond motifs is 6. The lowest BCUT2D eigenvalue weighted by atomic mass is 9.78. The van der Waals surface area contributed by atoms with Gasteiger partial charge in [-0.2, -0.15) is 0 Å². The molecule has 0 aromatic carbocycles. The fourth-order valence-electron chi connectivity index (χ4n) is 20.6. The van der Waals surface area contributed by atoms with Gasteiger partial charge in [-0.15, -0.1) is 11.8 Å². The number of piperidine rings is 2. The van der Waals surface area contributed by atoms with Crippen molar-refractivity contribution in [1.29, 1.82) is 0 Å². The molecule has 29 nitrogen and oxygen atoms in total. The van der Waals surface area contributed by atoms with Crippen LogP contribution in [-0.4, -0.2) is 283 Å². The largest absolute Gasteiger partial charge is 0.460 e. The Hall–Kier alpha value is -6.15. The zero-order valence-electron chi connectivity index (χ0n) is 87.3. The van der Waals surface area contributed by atoms with Crippen LogP contribution >= 0.6 is 27.4 Å². The molecule has 6 heterocycles. The van der Waals surface area contributed by atoms with Gasteiger partial charge >= 0.3 is 27.5 Å². The number of esters is 2. The molecule has 2 saturated carbocycles. The minimum atomic E-state index is -2.43. The van der Waals surface area contributed by atoms with Crippen molar-refractivity contribution >= 4 is 85.8 Å². The van der Waals surface area contributed by atoms with Crippen molar-refractivity contribution in [1.82, 2.24) is 9.80 Å². The Morgan fingerprint density at radius 3 is 1.22 bits per heavy atom. The molecule has 2 aliphatic carbocycles. The van der Waals surface area contributed by atoms with Gasteiger partial charge in [0.2, 0.25) is 11.6 Å². The molecule has 4 bridgehead atoms. The molecule has 0 aromatic heterocycles. The summed E-state index contributed by atoms with van der Waals surface area (Å²) < 4.78 is 81.1. The number of nitrogens with zero attached hydrogens (tertiary/aromatic N) is 2. The van der Waals surface area contributed by atoms with Gasteiger partial charge in [-0.25, -0.2) is 9.59 Å². The number of carbonyl (C=O) groups is 10. The molecule has 139 heavy (non-hydrogen) atoms. The molecule has 32 atom stereocenters. The van der Waals surface area contributed by atoms with E-state index in [1.54, 1.807) is 107 Å². The third-order valence-corrected chi connectivity index (χ3v) is 33.8. The van der Waals surface area contributed by atoms with E-state index >= 15 is 0 Å². The lowest BCUT2D eigenvalue weighted by Crippen LogP contribution is -2.61. The van der Waals surface area contributed by atoms with E-state index in [1.807, 2.05) is 123 Å². The van der Waals surface area contributed by atoms with Crippen LogP contribution < -0.4 is 0 Å². The molecule has 6 fully saturated rings. The van der Waals surface area contributed by atoms with Crippen LogP contribution in [0.4, 0.5) is 0 Å². The third-order valence-electron chi connectivity index (χ3n) is 29.8. The minimum Gasteiger partial charge on any atom is -0.460 e. The summed E-state index contributed by atoms with van der Waals surface area (Å²) in [5.41, 5.74) is 3.10. The first-order valence-electron chi connectivity index (χ1n) is 50.7. The predicted molar refractivity (Wildman–Crippen MR) is 538 cm³/mol. The molecular weight excluding hydrogens is 1840 g/mol. The number of thioether (sulfide) groups is 1. The van der Waals surface area contributed by atoms with Crippen LogP contribution in [0.25, 0.3) is 0 Å². The average molecular weight is 2010 g/mol. The zero-order chi connectivity index (χ0) is 104. The number of ketones is 6. The highest BCUT2D eigenvalue weighted by Gasteiger charge is 2.56. The van der Waals surface area contributed by atoms with Gasteiger partial charge in [0.15, 0.2) is 17.1 Å². The van der Waals surface area contributed by atoms with Crippen molar-refractivity contribution in [2.45, 2.75) is 366 Å². The molecule has 6 unspecified atom stereocenters. The summed E-state index contributed by atoms with van der Waals surface area (Å²) in [5.74, 6) is -15.8. The van der Waals surface area contributed by atoms with E-state index in [4.69, 9.17) is 47.4 Å². The molecule has 5 N–H and O–H groups in total. The number of aliphatic hydroxyl groups excluding tert-OH is 3. The summed E-state index contributed by atoms with van der Waals surface area (Å²) in [4.78, 5) is 144. The van der Waals surface area contributed by atoms with Crippen molar-refractivity contribution in [3.8, 4) is 0 Å². The van der Waals surface area contributed by atoms with Gasteiger partial charge < -0.3 is 82.7 Å². The summed E-state index contributed by atoms with van der Waals surface area (Å²) in [7, 11) is 7.03. The van der Waals surface area contributed by atoms with Crippen molar-refractivity contribution in [3.63, 3.8) is 0 Å². The number of aliphatic hydroxyl groups is 5. The Morgan fingerprint density at radius 1 is 0.468 bits per heavy atom. The van der Waals surface area contributed by atoms with Gasteiger partial charge in [0, 0.05) is 122 Å². The standard InChI is InChI=1S/C53H83NO13PS.C51H79NO13.C3H8OP/c1-32-17-13-12-14-18-33(2)43(63-8)29-40-22-20-38(7)53(61,67-40)50(58)51(59)54-24-16-15-19-41(54)52(60)66-44(35(4)27-39-21-23-46(45(28-39)64-9)69-31-68(11)62)30-42(55)34(3)26-37(6)48(57)49(65-10)47(56)36(5)25-32;1-30-16-12-11-13-17-31(2)42(61-8)28-38-21-19-36(7)51(60,65-38)48(57)49(58)52-23-15-14-18-39(52)50(59)64-43(33(4)26-37-20-22-40(53)44(27-37)62-9)29-41(54)32(3)25-35(6)46(56)47(63-10)45(55)34(5)24-30;1-3-5(2)4/h12-14,17-18,26,32,34-36,38-41,43-46,48-49,57,61H,15-16,19-25,27-31H2,1-11H3;11-13,16-17,25,30,32-34,36-40,42-44,46-47,53,56,60H,14-15,18-24,26-29H2,1-10H3;3H2,1-2H3/q+1;;+1/b14-12+,17-13+,33-18+,37-26+;13-11+,16-12+,31-17+,35-25+;/t32-,34-,35-,36-,38-,39+,40+,41?,43+,44+,45-,46?,48-,49+,53-;30-,32-,33-,34-,36-,37+,38+,39?,40?,42+,43+,44-,46-,47+,51-;/m11./s1. The number of rotatable bonds is 16. The maximum atomic E-state index is 14.5. The molecule has 2 amide bonds. The first-order valence-corrected chi connectivity index (χ1v) is 55.5. The molecule has 8 rings (SSSR count). The van der Waals surface area contributed by atoms with Gasteiger partial charge in [0.05, 0.1) is 42.7 Å². The normalized spacial score (nSPS) is 38.6. The first-order chi connectivity index (χ1) is 65.7. The summed E-state index contributed by atoms with van der Waals surface area (Å²) in [6.07, 6.45) is 24.8. The number of amides is 2. The van der Waals surface area contributed by atoms with Gasteiger partial charge in [0.1, 0.15) is 79.8 Å². The highest BCUT2D eigenvalue weighted by molar-refractivity contribution is 8.04. The van der Waals surface area contributed by atoms with Gasteiger partial charge in [-0.05, 0) is 221 Å². The van der Waals surface area contributed by atoms with Gasteiger partial charge in [0.25, 0.3) is 23.4 Å². The number of allylic oxidation sites excluding steroid dienone is 12. The molecular formula is C107H170N2O27P2S+2. The highest BCUT2D eigenvalue weighted by Crippen LogP contribution is 2.44. The average Bonchev–Trinajstić information content (AvgIpc) is 0.776. The third kappa shape index (κ3) is 35.9. The maximum absolute atomic E-state index is 14.5.